The summed E-state index contributed by atoms with van der Waals surface area (Å²) in [6.45, 7) is 10.6. The molecule has 0 saturated heterocycles. The molecule has 0 aliphatic rings. The molecule has 6 nitrogen and oxygen atoms in total. The molecule has 0 saturated carbocycles. The van der Waals surface area contributed by atoms with Gasteiger partial charge in [0.1, 0.15) is 7.85 Å². The Labute approximate surface area is 157 Å². The fourth-order valence-electron chi connectivity index (χ4n) is 2.07. The molecule has 0 spiro atoms. The lowest BCUT2D eigenvalue weighted by Gasteiger charge is -2.31. The van der Waals surface area contributed by atoms with E-state index in [-0.39, 0.29) is 6.04 Å². The van der Waals surface area contributed by atoms with E-state index in [2.05, 4.69) is 23.9 Å². The molecule has 2 heterocycles. The normalized spacial score (nSPS) is 13.2. The standard InChI is InChI=1S/C13H16BN3O.C6H14O2/c1-9(2)13(17-8-11(14)7-16-17)10-4-5-15-12(6-10)18-3;1-5(2,7)6(3,4)8/h4-9,13H,1-3H3;7-8H,1-4H3. The number of aromatic nitrogens is 3. The monoisotopic (exact) mass is 359 g/mol. The summed E-state index contributed by atoms with van der Waals surface area (Å²) in [6, 6.07) is 4.03. The number of nitrogens with zero attached hydrogens (tertiary/aromatic N) is 3. The maximum Gasteiger partial charge on any atom is 0.213 e. The minimum absolute atomic E-state index is 0.124. The van der Waals surface area contributed by atoms with Crippen molar-refractivity contribution in [3.05, 3.63) is 36.3 Å². The van der Waals surface area contributed by atoms with Crippen LogP contribution in [0.1, 0.15) is 53.1 Å². The fraction of sp³-hybridized carbons (Fsp3) is 0.579. The van der Waals surface area contributed by atoms with E-state index in [1.165, 1.54) is 0 Å². The molecular weight excluding hydrogens is 329 g/mol. The van der Waals surface area contributed by atoms with Gasteiger partial charge in [0.05, 0.1) is 24.4 Å². The van der Waals surface area contributed by atoms with Crippen LogP contribution in [0, 0.1) is 5.92 Å². The van der Waals surface area contributed by atoms with Gasteiger partial charge in [0.25, 0.3) is 0 Å². The highest BCUT2D eigenvalue weighted by atomic mass is 16.5. The SMILES string of the molecule is CC(C)(O)C(C)(C)O.[B]c1cnn(C(c2ccnc(OC)c2)C(C)C)c1. The number of pyridine rings is 1. The molecule has 0 aliphatic heterocycles. The lowest BCUT2D eigenvalue weighted by Crippen LogP contribution is -2.44. The summed E-state index contributed by atoms with van der Waals surface area (Å²) in [5.41, 5.74) is -0.235. The second-order valence-electron chi connectivity index (χ2n) is 7.69. The van der Waals surface area contributed by atoms with E-state index in [1.807, 2.05) is 23.0 Å². The molecule has 0 fully saturated rings. The molecule has 142 valence electrons. The third kappa shape index (κ3) is 6.14. The number of hydrogen-bond acceptors (Lipinski definition) is 5. The van der Waals surface area contributed by atoms with Gasteiger partial charge in [-0.2, -0.15) is 5.10 Å². The number of hydrogen-bond donors (Lipinski definition) is 2. The predicted molar refractivity (Wildman–Crippen MR) is 104 cm³/mol. The van der Waals surface area contributed by atoms with E-state index in [1.54, 1.807) is 47.2 Å². The van der Waals surface area contributed by atoms with Gasteiger partial charge in [-0.15, -0.1) is 0 Å². The highest BCUT2D eigenvalue weighted by Crippen LogP contribution is 2.26. The van der Waals surface area contributed by atoms with E-state index in [4.69, 9.17) is 22.8 Å². The molecule has 1 atom stereocenters. The van der Waals surface area contributed by atoms with Crippen LogP contribution in [0.2, 0.25) is 0 Å². The summed E-state index contributed by atoms with van der Waals surface area (Å²) in [5.74, 6) is 0.995. The smallest absolute Gasteiger partial charge is 0.213 e. The second-order valence-corrected chi connectivity index (χ2v) is 7.69. The third-order valence-corrected chi connectivity index (χ3v) is 4.34. The van der Waals surface area contributed by atoms with Crippen molar-refractivity contribution < 1.29 is 14.9 Å². The van der Waals surface area contributed by atoms with Crippen LogP contribution >= 0.6 is 0 Å². The van der Waals surface area contributed by atoms with Crippen molar-refractivity contribution in [1.82, 2.24) is 14.8 Å². The number of rotatable bonds is 5. The van der Waals surface area contributed by atoms with Gasteiger partial charge in [0.2, 0.25) is 5.88 Å². The van der Waals surface area contributed by atoms with Crippen LogP contribution in [0.15, 0.2) is 30.7 Å². The van der Waals surface area contributed by atoms with Crippen molar-refractivity contribution in [3.63, 3.8) is 0 Å². The minimum Gasteiger partial charge on any atom is -0.481 e. The molecular formula is C19H30BN3O3. The predicted octanol–water partition coefficient (Wildman–Crippen LogP) is 1.85. The highest BCUT2D eigenvalue weighted by molar-refractivity contribution is 6.31. The van der Waals surface area contributed by atoms with Crippen LogP contribution in [0.4, 0.5) is 0 Å². The first-order chi connectivity index (χ1) is 11.9. The average molecular weight is 359 g/mol. The molecule has 0 aromatic carbocycles. The van der Waals surface area contributed by atoms with E-state index < -0.39 is 11.2 Å². The Balaban J connectivity index is 0.000000359. The molecule has 1 unspecified atom stereocenters. The molecule has 2 rings (SSSR count). The van der Waals surface area contributed by atoms with Crippen LogP contribution in [0.5, 0.6) is 5.88 Å². The average Bonchev–Trinajstić information content (AvgIpc) is 2.92. The summed E-state index contributed by atoms with van der Waals surface area (Å²) < 4.78 is 7.04. The van der Waals surface area contributed by atoms with Crippen molar-refractivity contribution in [2.24, 2.45) is 5.92 Å². The van der Waals surface area contributed by atoms with Crippen LogP contribution in [0.25, 0.3) is 0 Å². The van der Waals surface area contributed by atoms with Crippen LogP contribution < -0.4 is 10.2 Å². The van der Waals surface area contributed by atoms with Crippen LogP contribution in [0.3, 0.4) is 0 Å². The maximum absolute atomic E-state index is 9.10. The zero-order valence-corrected chi connectivity index (χ0v) is 16.8. The summed E-state index contributed by atoms with van der Waals surface area (Å²) in [6.07, 6.45) is 5.25. The van der Waals surface area contributed by atoms with E-state index in [9.17, 15) is 0 Å². The van der Waals surface area contributed by atoms with E-state index in [0.29, 0.717) is 17.3 Å². The minimum atomic E-state index is -1.01. The summed E-state index contributed by atoms with van der Waals surface area (Å²) >= 11 is 0. The van der Waals surface area contributed by atoms with Gasteiger partial charge in [-0.05, 0) is 45.2 Å². The van der Waals surface area contributed by atoms with Crippen molar-refractivity contribution in [3.8, 4) is 5.88 Å². The summed E-state index contributed by atoms with van der Waals surface area (Å²) in [4.78, 5) is 4.12. The molecule has 0 aliphatic carbocycles. The Morgan fingerprint density at radius 3 is 2.12 bits per heavy atom. The Morgan fingerprint density at radius 2 is 1.73 bits per heavy atom. The lowest BCUT2D eigenvalue weighted by molar-refractivity contribution is -0.107. The van der Waals surface area contributed by atoms with Crippen molar-refractivity contribution in [2.75, 3.05) is 7.11 Å². The first kappa shape index (κ1) is 22.2. The Bertz CT molecular complexity index is 676. The Hall–Kier alpha value is -1.86. The number of aliphatic hydroxyl groups is 2. The second kappa shape index (κ2) is 8.69. The topological polar surface area (TPSA) is 80.4 Å². The van der Waals surface area contributed by atoms with E-state index >= 15 is 0 Å². The van der Waals surface area contributed by atoms with Crippen molar-refractivity contribution >= 4 is 13.3 Å². The largest absolute Gasteiger partial charge is 0.481 e. The summed E-state index contributed by atoms with van der Waals surface area (Å²) in [5, 5.41) is 22.5. The van der Waals surface area contributed by atoms with Crippen LogP contribution in [-0.4, -0.2) is 51.1 Å². The van der Waals surface area contributed by atoms with Gasteiger partial charge in [-0.25, -0.2) is 4.98 Å². The molecule has 2 N–H and O–H groups in total. The summed E-state index contributed by atoms with van der Waals surface area (Å²) in [7, 11) is 7.34. The molecule has 0 amide bonds. The molecule has 7 heteroatoms. The van der Waals surface area contributed by atoms with Gasteiger partial charge in [0.15, 0.2) is 0 Å². The van der Waals surface area contributed by atoms with Crippen LogP contribution in [-0.2, 0) is 0 Å². The molecule has 0 bridgehead atoms. The molecule has 2 radical (unpaired) electrons. The zero-order valence-electron chi connectivity index (χ0n) is 16.8. The third-order valence-electron chi connectivity index (χ3n) is 4.34. The fourth-order valence-corrected chi connectivity index (χ4v) is 2.07. The highest BCUT2D eigenvalue weighted by Gasteiger charge is 2.31. The van der Waals surface area contributed by atoms with E-state index in [0.717, 1.165) is 5.56 Å². The first-order valence-electron chi connectivity index (χ1n) is 8.61. The zero-order chi connectivity index (χ0) is 20.1. The first-order valence-corrected chi connectivity index (χ1v) is 8.61. The van der Waals surface area contributed by atoms with Gasteiger partial charge in [-0.1, -0.05) is 19.3 Å². The van der Waals surface area contributed by atoms with Gasteiger partial charge in [-0.3, -0.25) is 4.68 Å². The lowest BCUT2D eigenvalue weighted by atomic mass is 9.90. The van der Waals surface area contributed by atoms with Gasteiger partial charge < -0.3 is 14.9 Å². The molecule has 2 aromatic heterocycles. The Kier molecular flexibility index (Phi) is 7.41. The maximum atomic E-state index is 9.10. The van der Waals surface area contributed by atoms with Gasteiger partial charge in [0, 0.05) is 24.7 Å². The quantitative estimate of drug-likeness (QED) is 0.797. The van der Waals surface area contributed by atoms with Crippen molar-refractivity contribution in [1.29, 1.82) is 0 Å². The Morgan fingerprint density at radius 1 is 1.15 bits per heavy atom. The number of ether oxygens (including phenoxy) is 1. The molecule has 2 aromatic rings. The number of methoxy groups -OCH3 is 1. The molecule has 26 heavy (non-hydrogen) atoms. The van der Waals surface area contributed by atoms with Crippen molar-refractivity contribution in [2.45, 2.75) is 58.8 Å². The van der Waals surface area contributed by atoms with Gasteiger partial charge >= 0.3 is 0 Å².